The number of ether oxygens (including phenoxy) is 2. The van der Waals surface area contributed by atoms with Gasteiger partial charge in [0.25, 0.3) is 5.91 Å². The number of sulfonamides is 1. The highest BCUT2D eigenvalue weighted by molar-refractivity contribution is 7.89. The number of amides is 1. The van der Waals surface area contributed by atoms with Crippen LogP contribution in [-0.4, -0.2) is 45.4 Å². The average molecular weight is 425 g/mol. The SMILES string of the molecule is COc1ccc(NC(=O)COc2ccc(S(=O)(=O)N3CCCC3)cc2)cc1Cl. The summed E-state index contributed by atoms with van der Waals surface area (Å²) in [6, 6.07) is 11.0. The number of nitrogens with zero attached hydrogens (tertiary/aromatic N) is 1. The van der Waals surface area contributed by atoms with Gasteiger partial charge in [-0.1, -0.05) is 11.6 Å². The number of methoxy groups -OCH3 is 1. The maximum atomic E-state index is 12.5. The highest BCUT2D eigenvalue weighted by atomic mass is 35.5. The summed E-state index contributed by atoms with van der Waals surface area (Å²) >= 11 is 6.02. The lowest BCUT2D eigenvalue weighted by Gasteiger charge is -2.15. The number of benzene rings is 2. The van der Waals surface area contributed by atoms with Crippen molar-refractivity contribution in [3.05, 3.63) is 47.5 Å². The number of carbonyl (C=O) groups is 1. The van der Waals surface area contributed by atoms with Crippen molar-refractivity contribution >= 4 is 33.2 Å². The highest BCUT2D eigenvalue weighted by Crippen LogP contribution is 2.27. The summed E-state index contributed by atoms with van der Waals surface area (Å²) in [6.45, 7) is 0.883. The van der Waals surface area contributed by atoms with E-state index >= 15 is 0 Å². The molecule has 0 spiro atoms. The number of carbonyl (C=O) groups excluding carboxylic acids is 1. The van der Waals surface area contributed by atoms with E-state index in [9.17, 15) is 13.2 Å². The maximum absolute atomic E-state index is 12.5. The Labute approximate surface area is 169 Å². The number of hydrogen-bond acceptors (Lipinski definition) is 5. The zero-order chi connectivity index (χ0) is 20.1. The smallest absolute Gasteiger partial charge is 0.262 e. The van der Waals surface area contributed by atoms with Crippen LogP contribution in [0.25, 0.3) is 0 Å². The van der Waals surface area contributed by atoms with E-state index in [1.807, 2.05) is 0 Å². The Kier molecular flexibility index (Phi) is 6.43. The van der Waals surface area contributed by atoms with Crippen LogP contribution in [-0.2, 0) is 14.8 Å². The molecule has 3 rings (SSSR count). The van der Waals surface area contributed by atoms with Gasteiger partial charge in [-0.25, -0.2) is 8.42 Å². The summed E-state index contributed by atoms with van der Waals surface area (Å²) in [7, 11) is -1.95. The monoisotopic (exact) mass is 424 g/mol. The number of hydrogen-bond donors (Lipinski definition) is 1. The van der Waals surface area contributed by atoms with E-state index in [2.05, 4.69) is 5.32 Å². The van der Waals surface area contributed by atoms with Gasteiger partial charge in [-0.3, -0.25) is 4.79 Å². The standard InChI is InChI=1S/C19H21ClN2O5S/c1-26-18-9-4-14(12-17(18)20)21-19(23)13-27-15-5-7-16(8-6-15)28(24,25)22-10-2-3-11-22/h4-9,12H,2-3,10-11,13H2,1H3,(H,21,23). The zero-order valence-electron chi connectivity index (χ0n) is 15.4. The van der Waals surface area contributed by atoms with Crippen molar-refractivity contribution in [1.82, 2.24) is 4.31 Å². The van der Waals surface area contributed by atoms with Crippen LogP contribution in [0.1, 0.15) is 12.8 Å². The van der Waals surface area contributed by atoms with Gasteiger partial charge >= 0.3 is 0 Å². The summed E-state index contributed by atoms with van der Waals surface area (Å²) in [5, 5.41) is 3.06. The Bertz CT molecular complexity index is 941. The predicted octanol–water partition coefficient (Wildman–Crippen LogP) is 3.15. The lowest BCUT2D eigenvalue weighted by atomic mass is 10.3. The van der Waals surface area contributed by atoms with E-state index in [0.29, 0.717) is 35.3 Å². The third-order valence-corrected chi connectivity index (χ3v) is 6.54. The molecule has 150 valence electrons. The molecule has 28 heavy (non-hydrogen) atoms. The second-order valence-corrected chi connectivity index (χ2v) is 8.61. The first kappa shape index (κ1) is 20.4. The minimum Gasteiger partial charge on any atom is -0.495 e. The van der Waals surface area contributed by atoms with Crippen LogP contribution < -0.4 is 14.8 Å². The first-order chi connectivity index (χ1) is 13.4. The van der Waals surface area contributed by atoms with E-state index in [4.69, 9.17) is 21.1 Å². The van der Waals surface area contributed by atoms with Gasteiger partial charge in [-0.05, 0) is 55.3 Å². The zero-order valence-corrected chi connectivity index (χ0v) is 16.9. The summed E-state index contributed by atoms with van der Waals surface area (Å²) in [4.78, 5) is 12.3. The Morgan fingerprint density at radius 3 is 2.43 bits per heavy atom. The molecule has 1 amide bonds. The Morgan fingerprint density at radius 1 is 1.14 bits per heavy atom. The van der Waals surface area contributed by atoms with Gasteiger partial charge in [0.2, 0.25) is 10.0 Å². The van der Waals surface area contributed by atoms with Crippen LogP contribution in [0.15, 0.2) is 47.4 Å². The van der Waals surface area contributed by atoms with E-state index in [0.717, 1.165) is 12.8 Å². The van der Waals surface area contributed by atoms with Crippen LogP contribution in [0.3, 0.4) is 0 Å². The third kappa shape index (κ3) is 4.76. The number of nitrogens with one attached hydrogen (secondary N) is 1. The summed E-state index contributed by atoms with van der Waals surface area (Å²) in [6.07, 6.45) is 1.77. The molecule has 0 radical (unpaired) electrons. The lowest BCUT2D eigenvalue weighted by molar-refractivity contribution is -0.118. The van der Waals surface area contributed by atoms with Crippen LogP contribution in [0.2, 0.25) is 5.02 Å². The van der Waals surface area contributed by atoms with Crippen molar-refractivity contribution in [1.29, 1.82) is 0 Å². The number of rotatable bonds is 7. The molecule has 9 heteroatoms. The summed E-state index contributed by atoms with van der Waals surface area (Å²) in [5.41, 5.74) is 0.520. The molecular formula is C19H21ClN2O5S. The van der Waals surface area contributed by atoms with Crippen LogP contribution >= 0.6 is 11.6 Å². The third-order valence-electron chi connectivity index (χ3n) is 4.33. The molecule has 0 atom stereocenters. The second-order valence-electron chi connectivity index (χ2n) is 6.27. The van der Waals surface area contributed by atoms with Crippen molar-refractivity contribution in [2.45, 2.75) is 17.7 Å². The van der Waals surface area contributed by atoms with E-state index < -0.39 is 10.0 Å². The molecular weight excluding hydrogens is 404 g/mol. The average Bonchev–Trinajstić information content (AvgIpc) is 3.23. The van der Waals surface area contributed by atoms with Gasteiger partial charge in [-0.15, -0.1) is 0 Å². The van der Waals surface area contributed by atoms with Gasteiger partial charge in [0.15, 0.2) is 6.61 Å². The fourth-order valence-electron chi connectivity index (χ4n) is 2.88. The predicted molar refractivity (Wildman–Crippen MR) is 107 cm³/mol. The summed E-state index contributed by atoms with van der Waals surface area (Å²) in [5.74, 6) is 0.554. The van der Waals surface area contributed by atoms with Crippen LogP contribution in [0.4, 0.5) is 5.69 Å². The van der Waals surface area contributed by atoms with Gasteiger partial charge < -0.3 is 14.8 Å². The van der Waals surface area contributed by atoms with Crippen LogP contribution in [0.5, 0.6) is 11.5 Å². The second kappa shape index (κ2) is 8.81. The fraction of sp³-hybridized carbons (Fsp3) is 0.316. The largest absolute Gasteiger partial charge is 0.495 e. The first-order valence-electron chi connectivity index (χ1n) is 8.76. The molecule has 2 aromatic carbocycles. The molecule has 7 nitrogen and oxygen atoms in total. The normalized spacial score (nSPS) is 14.6. The van der Waals surface area contributed by atoms with Crippen molar-refractivity contribution in [3.63, 3.8) is 0 Å². The molecule has 1 aliphatic rings. The molecule has 0 saturated carbocycles. The lowest BCUT2D eigenvalue weighted by Crippen LogP contribution is -2.27. The molecule has 1 heterocycles. The summed E-state index contributed by atoms with van der Waals surface area (Å²) < 4.78 is 37.0. The number of anilines is 1. The van der Waals surface area contributed by atoms with Gasteiger partial charge in [0.1, 0.15) is 11.5 Å². The Balaban J connectivity index is 1.56. The van der Waals surface area contributed by atoms with Crippen molar-refractivity contribution in [2.75, 3.05) is 32.1 Å². The van der Waals surface area contributed by atoms with Gasteiger partial charge in [-0.2, -0.15) is 4.31 Å². The van der Waals surface area contributed by atoms with Crippen molar-refractivity contribution in [2.24, 2.45) is 0 Å². The highest BCUT2D eigenvalue weighted by Gasteiger charge is 2.26. The fourth-order valence-corrected chi connectivity index (χ4v) is 4.65. The Morgan fingerprint density at radius 2 is 1.82 bits per heavy atom. The molecule has 1 saturated heterocycles. The topological polar surface area (TPSA) is 84.9 Å². The van der Waals surface area contributed by atoms with Crippen molar-refractivity contribution < 1.29 is 22.7 Å². The molecule has 0 unspecified atom stereocenters. The van der Waals surface area contributed by atoms with E-state index in [1.54, 1.807) is 30.3 Å². The molecule has 0 aromatic heterocycles. The molecule has 1 N–H and O–H groups in total. The van der Waals surface area contributed by atoms with Gasteiger partial charge in [0.05, 0.1) is 17.0 Å². The molecule has 1 aliphatic heterocycles. The number of halogens is 1. The quantitative estimate of drug-likeness (QED) is 0.738. The van der Waals surface area contributed by atoms with Crippen molar-refractivity contribution in [3.8, 4) is 11.5 Å². The molecule has 2 aromatic rings. The minimum absolute atomic E-state index is 0.220. The van der Waals surface area contributed by atoms with E-state index in [-0.39, 0.29) is 17.4 Å². The van der Waals surface area contributed by atoms with E-state index in [1.165, 1.54) is 23.5 Å². The van der Waals surface area contributed by atoms with Crippen LogP contribution in [0, 0.1) is 0 Å². The molecule has 0 bridgehead atoms. The molecule has 1 fully saturated rings. The first-order valence-corrected chi connectivity index (χ1v) is 10.6. The molecule has 0 aliphatic carbocycles. The van der Waals surface area contributed by atoms with Gasteiger partial charge in [0, 0.05) is 18.8 Å². The Hall–Kier alpha value is -2.29. The maximum Gasteiger partial charge on any atom is 0.262 e. The minimum atomic E-state index is -3.46.